The molecule has 0 fully saturated rings. The van der Waals surface area contributed by atoms with Crippen molar-refractivity contribution in [2.75, 3.05) is 0 Å². The van der Waals surface area contributed by atoms with E-state index in [9.17, 15) is 0 Å². The first-order valence-electron chi connectivity index (χ1n) is 5.02. The molecule has 14 heavy (non-hydrogen) atoms. The third-order valence-corrected chi connectivity index (χ3v) is 3.43. The summed E-state index contributed by atoms with van der Waals surface area (Å²) in [7, 11) is 0. The van der Waals surface area contributed by atoms with Crippen LogP contribution in [-0.2, 0) is 6.42 Å². The van der Waals surface area contributed by atoms with Crippen molar-refractivity contribution in [1.82, 2.24) is 0 Å². The van der Waals surface area contributed by atoms with Crippen LogP contribution >= 0.6 is 23.2 Å². The van der Waals surface area contributed by atoms with E-state index in [1.165, 1.54) is 5.56 Å². The van der Waals surface area contributed by atoms with Crippen LogP contribution in [0.5, 0.6) is 0 Å². The van der Waals surface area contributed by atoms with Crippen molar-refractivity contribution in [3.05, 3.63) is 34.9 Å². The number of rotatable bonds is 4. The average Bonchev–Trinajstić information content (AvgIpc) is 2.16. The van der Waals surface area contributed by atoms with Gasteiger partial charge in [-0.15, -0.1) is 11.6 Å². The van der Waals surface area contributed by atoms with E-state index < -0.39 is 0 Å². The Morgan fingerprint density at radius 2 is 2.07 bits per heavy atom. The molecule has 0 aliphatic rings. The Bertz CT molecular complexity index is 283. The Kier molecular flexibility index (Phi) is 4.77. The number of benzene rings is 1. The Labute approximate surface area is 96.2 Å². The van der Waals surface area contributed by atoms with Gasteiger partial charge in [0, 0.05) is 10.4 Å². The third kappa shape index (κ3) is 3.51. The molecule has 2 heteroatoms. The van der Waals surface area contributed by atoms with E-state index in [1.807, 2.05) is 18.2 Å². The zero-order valence-electron chi connectivity index (χ0n) is 8.63. The van der Waals surface area contributed by atoms with Crippen molar-refractivity contribution in [2.45, 2.75) is 32.1 Å². The second-order valence-corrected chi connectivity index (χ2v) is 4.73. The van der Waals surface area contributed by atoms with Gasteiger partial charge in [0.25, 0.3) is 0 Å². The van der Waals surface area contributed by atoms with Gasteiger partial charge in [-0.25, -0.2) is 0 Å². The smallest absolute Gasteiger partial charge is 0.0408 e. The lowest BCUT2D eigenvalue weighted by atomic mass is 9.97. The van der Waals surface area contributed by atoms with Crippen LogP contribution in [-0.4, -0.2) is 5.38 Å². The van der Waals surface area contributed by atoms with E-state index in [0.717, 1.165) is 17.9 Å². The van der Waals surface area contributed by atoms with Gasteiger partial charge in [0.15, 0.2) is 0 Å². The monoisotopic (exact) mass is 230 g/mol. The number of alkyl halides is 1. The van der Waals surface area contributed by atoms with E-state index in [0.29, 0.717) is 5.92 Å². The minimum atomic E-state index is 0.258. The normalized spacial score (nSPS) is 15.1. The van der Waals surface area contributed by atoms with Gasteiger partial charge in [0.2, 0.25) is 0 Å². The second-order valence-electron chi connectivity index (χ2n) is 3.74. The lowest BCUT2D eigenvalue weighted by molar-refractivity contribution is 0.531. The summed E-state index contributed by atoms with van der Waals surface area (Å²) in [6, 6.07) is 7.99. The number of hydrogen-bond acceptors (Lipinski definition) is 0. The van der Waals surface area contributed by atoms with Crippen LogP contribution in [0, 0.1) is 5.92 Å². The zero-order valence-corrected chi connectivity index (χ0v) is 10.1. The van der Waals surface area contributed by atoms with Gasteiger partial charge in [-0.2, -0.15) is 0 Å². The highest BCUT2D eigenvalue weighted by Gasteiger charge is 2.12. The standard InChI is InChI=1S/C12H16Cl2/c1-3-12(14)9(2)7-10-5-4-6-11(13)8-10/h4-6,8-9,12H,3,7H2,1-2H3. The quantitative estimate of drug-likeness (QED) is 0.667. The largest absolute Gasteiger partial charge is 0.123 e. The van der Waals surface area contributed by atoms with E-state index in [1.54, 1.807) is 0 Å². The summed E-state index contributed by atoms with van der Waals surface area (Å²) in [5, 5.41) is 1.06. The summed E-state index contributed by atoms with van der Waals surface area (Å²) >= 11 is 12.1. The molecule has 0 spiro atoms. The van der Waals surface area contributed by atoms with Crippen molar-refractivity contribution < 1.29 is 0 Å². The van der Waals surface area contributed by atoms with Gasteiger partial charge in [-0.1, -0.05) is 37.6 Å². The molecule has 0 aliphatic carbocycles. The van der Waals surface area contributed by atoms with Gasteiger partial charge >= 0.3 is 0 Å². The van der Waals surface area contributed by atoms with E-state index >= 15 is 0 Å². The molecule has 0 saturated carbocycles. The molecule has 0 nitrogen and oxygen atoms in total. The van der Waals surface area contributed by atoms with Crippen molar-refractivity contribution in [1.29, 1.82) is 0 Å². The summed E-state index contributed by atoms with van der Waals surface area (Å²) in [4.78, 5) is 0. The molecule has 2 atom stereocenters. The Hall–Kier alpha value is -0.200. The Morgan fingerprint density at radius 3 is 2.64 bits per heavy atom. The molecule has 1 rings (SSSR count). The van der Waals surface area contributed by atoms with E-state index in [4.69, 9.17) is 23.2 Å². The van der Waals surface area contributed by atoms with Gasteiger partial charge in [-0.3, -0.25) is 0 Å². The average molecular weight is 231 g/mol. The van der Waals surface area contributed by atoms with Gasteiger partial charge in [0.1, 0.15) is 0 Å². The predicted octanol–water partition coefficient (Wildman–Crippen LogP) is 4.54. The molecule has 0 bridgehead atoms. The van der Waals surface area contributed by atoms with Crippen LogP contribution in [0.3, 0.4) is 0 Å². The van der Waals surface area contributed by atoms with Gasteiger partial charge in [-0.05, 0) is 36.5 Å². The van der Waals surface area contributed by atoms with Crippen LogP contribution in [0.25, 0.3) is 0 Å². The van der Waals surface area contributed by atoms with Crippen molar-refractivity contribution >= 4 is 23.2 Å². The molecule has 0 radical (unpaired) electrons. The lowest BCUT2D eigenvalue weighted by Gasteiger charge is -2.16. The maximum atomic E-state index is 6.17. The summed E-state index contributed by atoms with van der Waals surface area (Å²) in [6.07, 6.45) is 2.02. The minimum absolute atomic E-state index is 0.258. The molecule has 2 unspecified atom stereocenters. The summed E-state index contributed by atoms with van der Waals surface area (Å²) in [6.45, 7) is 4.30. The van der Waals surface area contributed by atoms with Gasteiger partial charge < -0.3 is 0 Å². The molecule has 0 saturated heterocycles. The predicted molar refractivity (Wildman–Crippen MR) is 64.3 cm³/mol. The fraction of sp³-hybridized carbons (Fsp3) is 0.500. The van der Waals surface area contributed by atoms with Crippen molar-refractivity contribution in [3.63, 3.8) is 0 Å². The molecular weight excluding hydrogens is 215 g/mol. The Morgan fingerprint density at radius 1 is 1.36 bits per heavy atom. The van der Waals surface area contributed by atoms with Crippen LogP contribution < -0.4 is 0 Å². The fourth-order valence-electron chi connectivity index (χ4n) is 1.57. The molecule has 0 aromatic heterocycles. The number of hydrogen-bond donors (Lipinski definition) is 0. The first-order chi connectivity index (χ1) is 6.63. The van der Waals surface area contributed by atoms with Crippen molar-refractivity contribution in [3.8, 4) is 0 Å². The molecular formula is C12H16Cl2. The highest BCUT2D eigenvalue weighted by molar-refractivity contribution is 6.30. The third-order valence-electron chi connectivity index (χ3n) is 2.45. The van der Waals surface area contributed by atoms with Crippen molar-refractivity contribution in [2.24, 2.45) is 5.92 Å². The Balaban J connectivity index is 2.60. The molecule has 78 valence electrons. The topological polar surface area (TPSA) is 0 Å². The summed E-state index contributed by atoms with van der Waals surface area (Å²) in [5.74, 6) is 0.500. The number of halogens is 2. The summed E-state index contributed by atoms with van der Waals surface area (Å²) in [5.41, 5.74) is 1.27. The lowest BCUT2D eigenvalue weighted by Crippen LogP contribution is -2.12. The molecule has 1 aromatic carbocycles. The highest BCUT2D eigenvalue weighted by atomic mass is 35.5. The fourth-order valence-corrected chi connectivity index (χ4v) is 1.87. The molecule has 0 heterocycles. The first kappa shape index (κ1) is 11.9. The minimum Gasteiger partial charge on any atom is -0.123 e. The molecule has 1 aromatic rings. The van der Waals surface area contributed by atoms with Crippen LogP contribution in [0.2, 0.25) is 5.02 Å². The summed E-state index contributed by atoms with van der Waals surface area (Å²) < 4.78 is 0. The maximum Gasteiger partial charge on any atom is 0.0408 e. The highest BCUT2D eigenvalue weighted by Crippen LogP contribution is 2.20. The maximum absolute atomic E-state index is 6.17. The van der Waals surface area contributed by atoms with Gasteiger partial charge in [0.05, 0.1) is 0 Å². The second kappa shape index (κ2) is 5.63. The molecule has 0 amide bonds. The SMILES string of the molecule is CCC(Cl)C(C)Cc1cccc(Cl)c1. The first-order valence-corrected chi connectivity index (χ1v) is 5.83. The van der Waals surface area contributed by atoms with Crippen LogP contribution in [0.1, 0.15) is 25.8 Å². The van der Waals surface area contributed by atoms with E-state index in [2.05, 4.69) is 19.9 Å². The molecule has 0 aliphatic heterocycles. The van der Waals surface area contributed by atoms with Crippen LogP contribution in [0.15, 0.2) is 24.3 Å². The molecule has 0 N–H and O–H groups in total. The van der Waals surface area contributed by atoms with E-state index in [-0.39, 0.29) is 5.38 Å². The van der Waals surface area contributed by atoms with Crippen LogP contribution in [0.4, 0.5) is 0 Å². The zero-order chi connectivity index (χ0) is 10.6.